The lowest BCUT2D eigenvalue weighted by atomic mass is 10.0. The minimum absolute atomic E-state index is 0.122. The summed E-state index contributed by atoms with van der Waals surface area (Å²) in [5.74, 6) is -1.03. The van der Waals surface area contributed by atoms with Gasteiger partial charge < -0.3 is 9.47 Å². The van der Waals surface area contributed by atoms with Crippen LogP contribution in [0.15, 0.2) is 83.9 Å². The molecule has 1 unspecified atom stereocenters. The Labute approximate surface area is 230 Å². The predicted octanol–water partition coefficient (Wildman–Crippen LogP) is 5.98. The highest BCUT2D eigenvalue weighted by molar-refractivity contribution is 14.1. The zero-order valence-electron chi connectivity index (χ0n) is 19.7. The number of hydrogen-bond donors (Lipinski definition) is 1. The Balaban J connectivity index is 1.75. The standard InChI is InChI=1S/C26H20F3IN2O5S/c1-2-36-25(33)17-9-13-20(14-10-17)38(34,35)32-23(16-7-11-19(12-8-16)37-26(27,28)29)24-22(30)21-6-4-3-5-18(21)15-31-24/h3-15,23,32H,2H2,1H3. The fourth-order valence-electron chi connectivity index (χ4n) is 3.70. The molecule has 198 valence electrons. The number of rotatable bonds is 8. The maximum absolute atomic E-state index is 13.4. The van der Waals surface area contributed by atoms with Crippen molar-refractivity contribution >= 4 is 49.4 Å². The lowest BCUT2D eigenvalue weighted by Crippen LogP contribution is -2.30. The molecule has 0 aliphatic heterocycles. The van der Waals surface area contributed by atoms with Crippen molar-refractivity contribution in [2.24, 2.45) is 0 Å². The number of aromatic nitrogens is 1. The summed E-state index contributed by atoms with van der Waals surface area (Å²) in [4.78, 5) is 16.3. The maximum Gasteiger partial charge on any atom is 0.573 e. The number of carbonyl (C=O) groups excluding carboxylic acids is 1. The fourth-order valence-corrected chi connectivity index (χ4v) is 5.83. The Morgan fingerprint density at radius 1 is 1.03 bits per heavy atom. The van der Waals surface area contributed by atoms with E-state index in [1.165, 1.54) is 36.4 Å². The van der Waals surface area contributed by atoms with E-state index in [2.05, 4.69) is 37.0 Å². The number of carbonyl (C=O) groups is 1. The molecule has 1 aromatic heterocycles. The highest BCUT2D eigenvalue weighted by Crippen LogP contribution is 2.32. The molecule has 0 amide bonds. The summed E-state index contributed by atoms with van der Waals surface area (Å²) in [5.41, 5.74) is 0.890. The van der Waals surface area contributed by atoms with Crippen LogP contribution in [0, 0.1) is 3.57 Å². The van der Waals surface area contributed by atoms with Crippen molar-refractivity contribution in [2.45, 2.75) is 24.2 Å². The van der Waals surface area contributed by atoms with Crippen LogP contribution in [0.4, 0.5) is 13.2 Å². The summed E-state index contributed by atoms with van der Waals surface area (Å²) in [6, 6.07) is 16.4. The summed E-state index contributed by atoms with van der Waals surface area (Å²) in [6.45, 7) is 1.83. The number of ether oxygens (including phenoxy) is 2. The van der Waals surface area contributed by atoms with Gasteiger partial charge in [0.2, 0.25) is 10.0 Å². The second-order valence-electron chi connectivity index (χ2n) is 7.96. The van der Waals surface area contributed by atoms with Crippen LogP contribution in [0.2, 0.25) is 0 Å². The Bertz CT molecular complexity index is 1560. The smallest absolute Gasteiger partial charge is 0.462 e. The van der Waals surface area contributed by atoms with Crippen molar-refractivity contribution in [1.29, 1.82) is 0 Å². The number of benzene rings is 3. The van der Waals surface area contributed by atoms with E-state index in [1.54, 1.807) is 13.1 Å². The van der Waals surface area contributed by atoms with Crippen LogP contribution >= 0.6 is 22.6 Å². The molecule has 0 spiro atoms. The van der Waals surface area contributed by atoms with Gasteiger partial charge in [0.1, 0.15) is 5.75 Å². The number of hydrogen-bond acceptors (Lipinski definition) is 6. The highest BCUT2D eigenvalue weighted by atomic mass is 127. The molecule has 0 fully saturated rings. The first-order valence-electron chi connectivity index (χ1n) is 11.2. The van der Waals surface area contributed by atoms with Crippen LogP contribution in [0.3, 0.4) is 0 Å². The van der Waals surface area contributed by atoms with E-state index in [0.717, 1.165) is 22.9 Å². The maximum atomic E-state index is 13.4. The predicted molar refractivity (Wildman–Crippen MR) is 142 cm³/mol. The van der Waals surface area contributed by atoms with Gasteiger partial charge in [-0.05, 0) is 76.9 Å². The third kappa shape index (κ3) is 6.42. The van der Waals surface area contributed by atoms with Crippen LogP contribution in [-0.2, 0) is 14.8 Å². The van der Waals surface area contributed by atoms with Gasteiger partial charge in [0, 0.05) is 15.2 Å². The van der Waals surface area contributed by atoms with Gasteiger partial charge in [-0.3, -0.25) is 4.98 Å². The van der Waals surface area contributed by atoms with Gasteiger partial charge in [-0.1, -0.05) is 36.4 Å². The molecular formula is C26H20F3IN2O5S. The summed E-state index contributed by atoms with van der Waals surface area (Å²) >= 11 is 2.07. The van der Waals surface area contributed by atoms with E-state index in [1.807, 2.05) is 24.3 Å². The molecule has 0 radical (unpaired) electrons. The van der Waals surface area contributed by atoms with Gasteiger partial charge >= 0.3 is 12.3 Å². The summed E-state index contributed by atoms with van der Waals surface area (Å²) in [6.07, 6.45) is -3.27. The van der Waals surface area contributed by atoms with Crippen LogP contribution in [0.5, 0.6) is 5.75 Å². The first-order valence-corrected chi connectivity index (χ1v) is 13.7. The number of nitrogens with zero attached hydrogens (tertiary/aromatic N) is 1. The van der Waals surface area contributed by atoms with Crippen molar-refractivity contribution in [3.63, 3.8) is 0 Å². The first kappa shape index (κ1) is 27.8. The molecule has 1 N–H and O–H groups in total. The Morgan fingerprint density at radius 2 is 1.68 bits per heavy atom. The summed E-state index contributed by atoms with van der Waals surface area (Å²) < 4.78 is 76.9. The quantitative estimate of drug-likeness (QED) is 0.185. The van der Waals surface area contributed by atoms with E-state index in [4.69, 9.17) is 4.74 Å². The zero-order chi connectivity index (χ0) is 27.5. The molecule has 0 aliphatic carbocycles. The molecule has 1 atom stereocenters. The van der Waals surface area contributed by atoms with E-state index in [9.17, 15) is 26.4 Å². The Hall–Kier alpha value is -3.23. The minimum atomic E-state index is -4.87. The second-order valence-corrected chi connectivity index (χ2v) is 10.8. The van der Waals surface area contributed by atoms with Gasteiger partial charge in [-0.25, -0.2) is 13.2 Å². The zero-order valence-corrected chi connectivity index (χ0v) is 22.7. The number of fused-ring (bicyclic) bond motifs is 1. The molecule has 0 bridgehead atoms. The molecule has 4 rings (SSSR count). The van der Waals surface area contributed by atoms with Crippen LogP contribution in [-0.4, -0.2) is 32.3 Å². The molecular weight excluding hydrogens is 636 g/mol. The second kappa shape index (κ2) is 11.3. The average molecular weight is 656 g/mol. The van der Waals surface area contributed by atoms with E-state index < -0.39 is 34.1 Å². The molecule has 3 aromatic carbocycles. The molecule has 4 aromatic rings. The van der Waals surface area contributed by atoms with E-state index in [-0.39, 0.29) is 17.1 Å². The number of esters is 1. The SMILES string of the molecule is CCOC(=O)c1ccc(S(=O)(=O)NC(c2ccc(OC(F)(F)F)cc2)c2ncc3ccccc3c2I)cc1. The Kier molecular flexibility index (Phi) is 8.23. The fraction of sp³-hybridized carbons (Fsp3) is 0.154. The summed E-state index contributed by atoms with van der Waals surface area (Å²) in [7, 11) is -4.18. The van der Waals surface area contributed by atoms with Crippen molar-refractivity contribution in [2.75, 3.05) is 6.61 Å². The normalized spacial score (nSPS) is 12.8. The molecule has 0 saturated heterocycles. The van der Waals surface area contributed by atoms with Gasteiger partial charge in [-0.15, -0.1) is 13.2 Å². The van der Waals surface area contributed by atoms with E-state index in [0.29, 0.717) is 14.8 Å². The van der Waals surface area contributed by atoms with Crippen LogP contribution in [0.1, 0.15) is 34.6 Å². The number of halogens is 4. The average Bonchev–Trinajstić information content (AvgIpc) is 2.88. The molecule has 1 heterocycles. The molecule has 0 aliphatic rings. The van der Waals surface area contributed by atoms with Gasteiger partial charge in [0.15, 0.2) is 0 Å². The van der Waals surface area contributed by atoms with Crippen molar-refractivity contribution in [1.82, 2.24) is 9.71 Å². The number of pyridine rings is 1. The lowest BCUT2D eigenvalue weighted by Gasteiger charge is -2.21. The summed E-state index contributed by atoms with van der Waals surface area (Å²) in [5, 5.41) is 1.67. The third-order valence-electron chi connectivity index (χ3n) is 5.43. The highest BCUT2D eigenvalue weighted by Gasteiger charge is 2.31. The van der Waals surface area contributed by atoms with Gasteiger partial charge in [-0.2, -0.15) is 4.72 Å². The molecule has 12 heteroatoms. The Morgan fingerprint density at radius 3 is 2.32 bits per heavy atom. The lowest BCUT2D eigenvalue weighted by molar-refractivity contribution is -0.274. The van der Waals surface area contributed by atoms with Crippen molar-refractivity contribution in [3.05, 3.63) is 99.4 Å². The number of alkyl halides is 3. The first-order chi connectivity index (χ1) is 18.0. The monoisotopic (exact) mass is 656 g/mol. The van der Waals surface area contributed by atoms with Crippen LogP contribution < -0.4 is 9.46 Å². The molecule has 7 nitrogen and oxygen atoms in total. The van der Waals surface area contributed by atoms with Crippen molar-refractivity contribution < 1.29 is 35.9 Å². The third-order valence-corrected chi connectivity index (χ3v) is 8.01. The number of nitrogens with one attached hydrogen (secondary N) is 1. The molecule has 0 saturated carbocycles. The topological polar surface area (TPSA) is 94.6 Å². The largest absolute Gasteiger partial charge is 0.573 e. The van der Waals surface area contributed by atoms with Gasteiger partial charge in [0.05, 0.1) is 28.8 Å². The minimum Gasteiger partial charge on any atom is -0.462 e. The van der Waals surface area contributed by atoms with Crippen molar-refractivity contribution in [3.8, 4) is 5.75 Å². The molecule has 38 heavy (non-hydrogen) atoms. The van der Waals surface area contributed by atoms with Crippen LogP contribution in [0.25, 0.3) is 10.8 Å². The number of sulfonamides is 1. The van der Waals surface area contributed by atoms with E-state index >= 15 is 0 Å². The van der Waals surface area contributed by atoms with Gasteiger partial charge in [0.25, 0.3) is 0 Å².